The van der Waals surface area contributed by atoms with Gasteiger partial charge in [0, 0.05) is 12.1 Å². The van der Waals surface area contributed by atoms with E-state index >= 15 is 0 Å². The van der Waals surface area contributed by atoms with Crippen molar-refractivity contribution in [2.45, 2.75) is 39.2 Å². The second-order valence-electron chi connectivity index (χ2n) is 6.40. The molecule has 1 unspecified atom stereocenters. The van der Waals surface area contributed by atoms with Crippen LogP contribution >= 0.6 is 0 Å². The number of fused-ring (bicyclic) bond motifs is 2. The zero-order chi connectivity index (χ0) is 17.6. The highest BCUT2D eigenvalue weighted by atomic mass is 16.5. The van der Waals surface area contributed by atoms with Gasteiger partial charge in [0.1, 0.15) is 16.9 Å². The Bertz CT molecular complexity index is 900. The monoisotopic (exact) mass is 339 g/mol. The number of hydrogen-bond acceptors (Lipinski definition) is 4. The Labute approximate surface area is 147 Å². The molecule has 1 atom stereocenters. The van der Waals surface area contributed by atoms with Crippen molar-refractivity contribution >= 4 is 21.9 Å². The van der Waals surface area contributed by atoms with Crippen LogP contribution in [0.1, 0.15) is 33.1 Å². The third kappa shape index (κ3) is 4.20. The third-order valence-corrected chi connectivity index (χ3v) is 4.49. The fraction of sp³-hybridized carbons (Fsp3) is 0.381. The van der Waals surface area contributed by atoms with E-state index in [4.69, 9.17) is 9.15 Å². The summed E-state index contributed by atoms with van der Waals surface area (Å²) in [5, 5.41) is 4.67. The van der Waals surface area contributed by atoms with Crippen LogP contribution in [0.15, 0.2) is 51.7 Å². The van der Waals surface area contributed by atoms with E-state index in [2.05, 4.69) is 19.2 Å². The van der Waals surface area contributed by atoms with Crippen molar-refractivity contribution in [3.05, 3.63) is 52.7 Å². The summed E-state index contributed by atoms with van der Waals surface area (Å²) in [6.07, 6.45) is 3.22. The second kappa shape index (κ2) is 8.17. The van der Waals surface area contributed by atoms with Gasteiger partial charge in [-0.25, -0.2) is 0 Å². The molecular formula is C21H25NO3. The molecule has 0 radical (unpaired) electrons. The zero-order valence-electron chi connectivity index (χ0n) is 14.9. The van der Waals surface area contributed by atoms with Gasteiger partial charge in [0.15, 0.2) is 0 Å². The number of nitrogens with one attached hydrogen (secondary N) is 1. The van der Waals surface area contributed by atoms with E-state index in [0.29, 0.717) is 34.6 Å². The highest BCUT2D eigenvalue weighted by Crippen LogP contribution is 2.22. The topological polar surface area (TPSA) is 51.5 Å². The van der Waals surface area contributed by atoms with Crippen molar-refractivity contribution in [2.75, 3.05) is 13.2 Å². The summed E-state index contributed by atoms with van der Waals surface area (Å²) >= 11 is 0. The lowest BCUT2D eigenvalue weighted by Gasteiger charge is -2.11. The first-order chi connectivity index (χ1) is 12.2. The van der Waals surface area contributed by atoms with Gasteiger partial charge < -0.3 is 14.5 Å². The molecule has 0 aliphatic heterocycles. The Morgan fingerprint density at radius 1 is 1.08 bits per heavy atom. The molecule has 4 heteroatoms. The lowest BCUT2D eigenvalue weighted by atomic mass is 10.1. The molecule has 0 saturated carbocycles. The van der Waals surface area contributed by atoms with Gasteiger partial charge in [-0.2, -0.15) is 0 Å². The molecule has 0 fully saturated rings. The van der Waals surface area contributed by atoms with Gasteiger partial charge in [-0.15, -0.1) is 0 Å². The Hall–Kier alpha value is -2.33. The van der Waals surface area contributed by atoms with E-state index in [-0.39, 0.29) is 5.43 Å². The Morgan fingerprint density at radius 2 is 1.88 bits per heavy atom. The minimum atomic E-state index is -0.000446. The van der Waals surface area contributed by atoms with E-state index in [1.807, 2.05) is 24.3 Å². The van der Waals surface area contributed by atoms with Crippen LogP contribution in [0.2, 0.25) is 0 Å². The highest BCUT2D eigenvalue weighted by molar-refractivity contribution is 5.90. The highest BCUT2D eigenvalue weighted by Gasteiger charge is 2.08. The molecule has 1 N–H and O–H groups in total. The van der Waals surface area contributed by atoms with E-state index in [9.17, 15) is 4.79 Å². The molecule has 0 amide bonds. The first-order valence-electron chi connectivity index (χ1n) is 9.01. The average Bonchev–Trinajstić information content (AvgIpc) is 2.64. The maximum atomic E-state index is 12.5. The van der Waals surface area contributed by atoms with Gasteiger partial charge >= 0.3 is 0 Å². The van der Waals surface area contributed by atoms with E-state index < -0.39 is 0 Å². The number of ether oxygens (including phenoxy) is 1. The predicted molar refractivity (Wildman–Crippen MR) is 102 cm³/mol. The van der Waals surface area contributed by atoms with Gasteiger partial charge in [-0.1, -0.05) is 19.1 Å². The number of unbranched alkanes of at least 4 members (excludes halogenated alkanes) is 1. The Balaban J connectivity index is 1.63. The van der Waals surface area contributed by atoms with Gasteiger partial charge in [-0.05, 0) is 57.0 Å². The average molecular weight is 339 g/mol. The van der Waals surface area contributed by atoms with Crippen LogP contribution in [0.25, 0.3) is 21.9 Å². The summed E-state index contributed by atoms with van der Waals surface area (Å²) in [5.74, 6) is 0.737. The van der Waals surface area contributed by atoms with E-state index in [1.165, 1.54) is 0 Å². The molecule has 0 aliphatic rings. The molecule has 0 spiro atoms. The molecule has 2 aromatic carbocycles. The second-order valence-corrected chi connectivity index (χ2v) is 6.40. The summed E-state index contributed by atoms with van der Waals surface area (Å²) in [6.45, 7) is 6.05. The fourth-order valence-electron chi connectivity index (χ4n) is 2.78. The van der Waals surface area contributed by atoms with Crippen LogP contribution in [0.4, 0.5) is 0 Å². The molecule has 3 aromatic rings. The standard InChI is InChI=1S/C21H25NO3/c1-3-15(2)22-12-6-7-13-24-16-10-11-18-20(14-16)25-19-9-5-4-8-17(19)21(18)23/h4-5,8-11,14-15,22H,3,6-7,12-13H2,1-2H3. The molecular weight excluding hydrogens is 314 g/mol. The Morgan fingerprint density at radius 3 is 2.72 bits per heavy atom. The van der Waals surface area contributed by atoms with E-state index in [1.54, 1.807) is 18.2 Å². The van der Waals surface area contributed by atoms with Crippen LogP contribution in [0.5, 0.6) is 5.75 Å². The smallest absolute Gasteiger partial charge is 0.200 e. The predicted octanol–water partition coefficient (Wildman–Crippen LogP) is 4.49. The van der Waals surface area contributed by atoms with Gasteiger partial charge in [0.25, 0.3) is 0 Å². The van der Waals surface area contributed by atoms with Crippen LogP contribution in [0, 0.1) is 0 Å². The largest absolute Gasteiger partial charge is 0.493 e. The van der Waals surface area contributed by atoms with Crippen LogP contribution in [0.3, 0.4) is 0 Å². The Kier molecular flexibility index (Phi) is 5.71. The molecule has 3 rings (SSSR count). The first-order valence-corrected chi connectivity index (χ1v) is 9.01. The molecule has 132 valence electrons. The normalized spacial score (nSPS) is 12.6. The van der Waals surface area contributed by atoms with Crippen molar-refractivity contribution in [2.24, 2.45) is 0 Å². The minimum absolute atomic E-state index is 0.000446. The molecule has 0 saturated heterocycles. The van der Waals surface area contributed by atoms with Crippen molar-refractivity contribution < 1.29 is 9.15 Å². The van der Waals surface area contributed by atoms with E-state index in [0.717, 1.165) is 31.6 Å². The third-order valence-electron chi connectivity index (χ3n) is 4.49. The molecule has 0 bridgehead atoms. The number of hydrogen-bond donors (Lipinski definition) is 1. The summed E-state index contributed by atoms with van der Waals surface area (Å²) in [5.41, 5.74) is 1.17. The molecule has 1 aromatic heterocycles. The number of para-hydroxylation sites is 1. The van der Waals surface area contributed by atoms with Gasteiger partial charge in [0.2, 0.25) is 5.43 Å². The maximum Gasteiger partial charge on any atom is 0.200 e. The van der Waals surface area contributed by atoms with Crippen molar-refractivity contribution in [3.63, 3.8) is 0 Å². The molecule has 1 heterocycles. The number of rotatable bonds is 8. The quantitative estimate of drug-likeness (QED) is 0.485. The van der Waals surface area contributed by atoms with Crippen molar-refractivity contribution in [1.82, 2.24) is 5.32 Å². The zero-order valence-corrected chi connectivity index (χ0v) is 14.9. The molecule has 0 aliphatic carbocycles. The lowest BCUT2D eigenvalue weighted by Crippen LogP contribution is -2.26. The summed E-state index contributed by atoms with van der Waals surface area (Å²) in [4.78, 5) is 12.5. The molecule has 4 nitrogen and oxygen atoms in total. The lowest BCUT2D eigenvalue weighted by molar-refractivity contribution is 0.304. The van der Waals surface area contributed by atoms with Crippen LogP contribution in [-0.2, 0) is 0 Å². The summed E-state index contributed by atoms with van der Waals surface area (Å²) in [6, 6.07) is 13.3. The van der Waals surface area contributed by atoms with Crippen molar-refractivity contribution in [1.29, 1.82) is 0 Å². The van der Waals surface area contributed by atoms with Gasteiger partial charge in [-0.3, -0.25) is 4.79 Å². The van der Waals surface area contributed by atoms with Crippen LogP contribution < -0.4 is 15.5 Å². The maximum absolute atomic E-state index is 12.5. The summed E-state index contributed by atoms with van der Waals surface area (Å²) < 4.78 is 11.7. The fourth-order valence-corrected chi connectivity index (χ4v) is 2.78. The van der Waals surface area contributed by atoms with Crippen LogP contribution in [-0.4, -0.2) is 19.2 Å². The van der Waals surface area contributed by atoms with Gasteiger partial charge in [0.05, 0.1) is 17.4 Å². The minimum Gasteiger partial charge on any atom is -0.493 e. The SMILES string of the molecule is CCC(C)NCCCCOc1ccc2c(=O)c3ccccc3oc2c1. The number of benzene rings is 2. The summed E-state index contributed by atoms with van der Waals surface area (Å²) in [7, 11) is 0. The van der Waals surface area contributed by atoms with Crippen molar-refractivity contribution in [3.8, 4) is 5.75 Å². The first kappa shape index (κ1) is 17.5. The molecule has 25 heavy (non-hydrogen) atoms.